The summed E-state index contributed by atoms with van der Waals surface area (Å²) in [5.74, 6) is -0.935. The summed E-state index contributed by atoms with van der Waals surface area (Å²) in [6.45, 7) is 3.30. The Morgan fingerprint density at radius 1 is 1.47 bits per heavy atom. The van der Waals surface area contributed by atoms with Gasteiger partial charge in [0, 0.05) is 12.5 Å². The van der Waals surface area contributed by atoms with E-state index in [-0.39, 0.29) is 11.5 Å². The van der Waals surface area contributed by atoms with Gasteiger partial charge < -0.3 is 15.5 Å². The minimum absolute atomic E-state index is 0.0583. The second-order valence-electron chi connectivity index (χ2n) is 4.69. The van der Waals surface area contributed by atoms with Gasteiger partial charge in [-0.2, -0.15) is 0 Å². The fourth-order valence-electron chi connectivity index (χ4n) is 2.47. The van der Waals surface area contributed by atoms with Crippen molar-refractivity contribution in [1.29, 1.82) is 0 Å². The van der Waals surface area contributed by atoms with E-state index >= 15 is 0 Å². The molecule has 1 aromatic rings. The van der Waals surface area contributed by atoms with Crippen molar-refractivity contribution in [3.8, 4) is 0 Å². The van der Waals surface area contributed by atoms with Gasteiger partial charge in [-0.05, 0) is 31.5 Å². The van der Waals surface area contributed by atoms with Crippen LogP contribution in [0.3, 0.4) is 0 Å². The van der Waals surface area contributed by atoms with E-state index in [0.29, 0.717) is 5.56 Å². The number of aliphatic hydroxyl groups is 1. The van der Waals surface area contributed by atoms with Crippen molar-refractivity contribution in [2.45, 2.75) is 18.9 Å². The molecule has 0 aromatic heterocycles. The van der Waals surface area contributed by atoms with Crippen LogP contribution in [0.4, 0.5) is 0 Å². The van der Waals surface area contributed by atoms with E-state index < -0.39 is 11.6 Å². The molecule has 4 nitrogen and oxygen atoms in total. The summed E-state index contributed by atoms with van der Waals surface area (Å²) in [5.41, 5.74) is -0.413. The fourth-order valence-corrected chi connectivity index (χ4v) is 2.47. The number of carboxylic acid groups (broad SMARTS) is 1. The van der Waals surface area contributed by atoms with E-state index in [1.807, 2.05) is 0 Å². The molecule has 0 bridgehead atoms. The minimum Gasteiger partial charge on any atom is -0.478 e. The lowest BCUT2D eigenvalue weighted by molar-refractivity contribution is 0.000741. The lowest BCUT2D eigenvalue weighted by Crippen LogP contribution is -2.34. The van der Waals surface area contributed by atoms with Crippen molar-refractivity contribution < 1.29 is 15.0 Å². The molecule has 0 radical (unpaired) electrons. The average Bonchev–Trinajstić information content (AvgIpc) is 2.83. The molecule has 1 fully saturated rings. The number of hydrogen-bond donors (Lipinski definition) is 3. The highest BCUT2D eigenvalue weighted by Crippen LogP contribution is 2.34. The summed E-state index contributed by atoms with van der Waals surface area (Å²) >= 11 is 0. The van der Waals surface area contributed by atoms with Gasteiger partial charge in [0.25, 0.3) is 0 Å². The van der Waals surface area contributed by atoms with Crippen molar-refractivity contribution in [1.82, 2.24) is 5.32 Å². The fraction of sp³-hybridized carbons (Fsp3) is 0.462. The van der Waals surface area contributed by atoms with Gasteiger partial charge in [-0.1, -0.05) is 18.2 Å². The predicted molar refractivity (Wildman–Crippen MR) is 63.9 cm³/mol. The Labute approximate surface area is 100 Å². The molecule has 0 spiro atoms. The molecule has 1 heterocycles. The van der Waals surface area contributed by atoms with Gasteiger partial charge in [0.1, 0.15) is 0 Å². The molecule has 2 unspecified atom stereocenters. The first kappa shape index (κ1) is 12.1. The lowest BCUT2D eigenvalue weighted by atomic mass is 9.80. The van der Waals surface area contributed by atoms with Crippen LogP contribution in [0.15, 0.2) is 24.3 Å². The van der Waals surface area contributed by atoms with Crippen LogP contribution in [0.5, 0.6) is 0 Å². The Hall–Kier alpha value is -1.39. The second-order valence-corrected chi connectivity index (χ2v) is 4.69. The Morgan fingerprint density at radius 3 is 2.76 bits per heavy atom. The van der Waals surface area contributed by atoms with Crippen LogP contribution >= 0.6 is 0 Å². The number of carboxylic acids is 1. The third-order valence-electron chi connectivity index (χ3n) is 3.56. The smallest absolute Gasteiger partial charge is 0.336 e. The van der Waals surface area contributed by atoms with Gasteiger partial charge in [0.2, 0.25) is 0 Å². The highest BCUT2D eigenvalue weighted by molar-refractivity contribution is 5.89. The third kappa shape index (κ3) is 2.18. The molecule has 92 valence electrons. The number of hydrogen-bond acceptors (Lipinski definition) is 3. The van der Waals surface area contributed by atoms with Crippen LogP contribution in [0, 0.1) is 5.92 Å². The zero-order chi connectivity index (χ0) is 12.5. The van der Waals surface area contributed by atoms with E-state index in [0.717, 1.165) is 19.5 Å². The third-order valence-corrected chi connectivity index (χ3v) is 3.56. The SMILES string of the molecule is CC(O)(c1ccccc1C(=O)O)C1CCNC1. The van der Waals surface area contributed by atoms with Gasteiger partial charge in [0.05, 0.1) is 11.2 Å². The van der Waals surface area contributed by atoms with Gasteiger partial charge in [-0.15, -0.1) is 0 Å². The van der Waals surface area contributed by atoms with E-state index in [1.54, 1.807) is 25.1 Å². The van der Waals surface area contributed by atoms with Gasteiger partial charge in [-0.3, -0.25) is 0 Å². The van der Waals surface area contributed by atoms with Crippen LogP contribution in [-0.4, -0.2) is 29.3 Å². The summed E-state index contributed by atoms with van der Waals surface area (Å²) in [7, 11) is 0. The maximum absolute atomic E-state index is 11.2. The Kier molecular flexibility index (Phi) is 3.17. The topological polar surface area (TPSA) is 69.6 Å². The highest BCUT2D eigenvalue weighted by Gasteiger charge is 2.37. The molecule has 1 aliphatic heterocycles. The molecule has 3 N–H and O–H groups in total. The summed E-state index contributed by atoms with van der Waals surface area (Å²) in [6.07, 6.45) is 0.862. The first-order valence-corrected chi connectivity index (χ1v) is 5.79. The molecule has 0 aliphatic carbocycles. The van der Waals surface area contributed by atoms with Crippen molar-refractivity contribution >= 4 is 5.97 Å². The van der Waals surface area contributed by atoms with Crippen molar-refractivity contribution in [3.63, 3.8) is 0 Å². The largest absolute Gasteiger partial charge is 0.478 e. The van der Waals surface area contributed by atoms with E-state index in [9.17, 15) is 9.90 Å². The molecular weight excluding hydrogens is 218 g/mol. The Balaban J connectivity index is 2.41. The molecule has 0 amide bonds. The van der Waals surface area contributed by atoms with Gasteiger partial charge in [0.15, 0.2) is 0 Å². The van der Waals surface area contributed by atoms with E-state index in [1.165, 1.54) is 6.07 Å². The maximum atomic E-state index is 11.2. The molecular formula is C13H17NO3. The minimum atomic E-state index is -1.10. The van der Waals surface area contributed by atoms with Crippen molar-refractivity contribution in [2.75, 3.05) is 13.1 Å². The summed E-state index contributed by atoms with van der Waals surface area (Å²) < 4.78 is 0. The Morgan fingerprint density at radius 2 is 2.18 bits per heavy atom. The van der Waals surface area contributed by atoms with Crippen LogP contribution in [0.1, 0.15) is 29.3 Å². The first-order valence-electron chi connectivity index (χ1n) is 5.79. The van der Waals surface area contributed by atoms with Crippen LogP contribution in [0.2, 0.25) is 0 Å². The van der Waals surface area contributed by atoms with Crippen LogP contribution in [-0.2, 0) is 5.60 Å². The molecule has 2 atom stereocenters. The summed E-state index contributed by atoms with van der Waals surface area (Å²) in [4.78, 5) is 11.2. The normalized spacial score (nSPS) is 23.3. The van der Waals surface area contributed by atoms with Crippen LogP contribution in [0.25, 0.3) is 0 Å². The standard InChI is InChI=1S/C13H17NO3/c1-13(17,9-6-7-14-8-9)11-5-3-2-4-10(11)12(15)16/h2-5,9,14,17H,6-8H2,1H3,(H,15,16). The number of benzene rings is 1. The van der Waals surface area contributed by atoms with Crippen molar-refractivity contribution in [2.24, 2.45) is 5.92 Å². The quantitative estimate of drug-likeness (QED) is 0.736. The average molecular weight is 235 g/mol. The number of rotatable bonds is 3. The van der Waals surface area contributed by atoms with Gasteiger partial charge >= 0.3 is 5.97 Å². The Bertz CT molecular complexity index is 422. The number of aromatic carboxylic acids is 1. The monoisotopic (exact) mass is 235 g/mol. The zero-order valence-corrected chi connectivity index (χ0v) is 9.81. The zero-order valence-electron chi connectivity index (χ0n) is 9.81. The predicted octanol–water partition coefficient (Wildman–Crippen LogP) is 1.20. The molecule has 1 aliphatic rings. The maximum Gasteiger partial charge on any atom is 0.336 e. The molecule has 4 heteroatoms. The van der Waals surface area contributed by atoms with E-state index in [4.69, 9.17) is 5.11 Å². The molecule has 2 rings (SSSR count). The molecule has 0 saturated carbocycles. The van der Waals surface area contributed by atoms with E-state index in [2.05, 4.69) is 5.32 Å². The van der Waals surface area contributed by atoms with Crippen molar-refractivity contribution in [3.05, 3.63) is 35.4 Å². The van der Waals surface area contributed by atoms with Gasteiger partial charge in [-0.25, -0.2) is 4.79 Å². The lowest BCUT2D eigenvalue weighted by Gasteiger charge is -2.31. The second kappa shape index (κ2) is 4.47. The van der Waals surface area contributed by atoms with Crippen LogP contribution < -0.4 is 5.32 Å². The number of nitrogens with one attached hydrogen (secondary N) is 1. The molecule has 17 heavy (non-hydrogen) atoms. The summed E-state index contributed by atoms with van der Waals surface area (Å²) in [5, 5.41) is 22.9. The molecule has 1 saturated heterocycles. The molecule has 1 aromatic carbocycles. The first-order chi connectivity index (χ1) is 8.03. The highest BCUT2D eigenvalue weighted by atomic mass is 16.4. The summed E-state index contributed by atoms with van der Waals surface area (Å²) in [6, 6.07) is 6.67. The number of carbonyl (C=O) groups is 1.